The van der Waals surface area contributed by atoms with Crippen LogP contribution in [0.4, 0.5) is 23.4 Å². The number of rotatable bonds is 8. The Bertz CT molecular complexity index is 1400. The van der Waals surface area contributed by atoms with E-state index in [1.165, 1.54) is 18.3 Å². The fourth-order valence-corrected chi connectivity index (χ4v) is 6.39. The number of hydrogen-bond acceptors (Lipinski definition) is 8. The summed E-state index contributed by atoms with van der Waals surface area (Å²) >= 11 is 0. The van der Waals surface area contributed by atoms with Gasteiger partial charge in [0.15, 0.2) is 17.4 Å². The van der Waals surface area contributed by atoms with Crippen LogP contribution in [-0.2, 0) is 0 Å². The van der Waals surface area contributed by atoms with E-state index in [0.717, 1.165) is 44.7 Å². The molecule has 40 heavy (non-hydrogen) atoms. The van der Waals surface area contributed by atoms with E-state index in [1.807, 2.05) is 0 Å². The zero-order valence-corrected chi connectivity index (χ0v) is 22.5. The van der Waals surface area contributed by atoms with E-state index < -0.39 is 24.0 Å². The normalized spacial score (nSPS) is 24.8. The predicted molar refractivity (Wildman–Crippen MR) is 142 cm³/mol. The van der Waals surface area contributed by atoms with Gasteiger partial charge in [0.1, 0.15) is 23.6 Å². The smallest absolute Gasteiger partial charge is 0.387 e. The number of ether oxygens (including phenoxy) is 2. The van der Waals surface area contributed by atoms with Crippen LogP contribution in [0.2, 0.25) is 0 Å². The Hall–Kier alpha value is -3.25. The minimum Gasteiger partial charge on any atom is -0.461 e. The van der Waals surface area contributed by atoms with E-state index in [2.05, 4.69) is 43.8 Å². The van der Waals surface area contributed by atoms with Crippen molar-refractivity contribution >= 4 is 16.7 Å². The second-order valence-electron chi connectivity index (χ2n) is 10.9. The van der Waals surface area contributed by atoms with Crippen LogP contribution in [0.5, 0.6) is 11.8 Å². The second-order valence-corrected chi connectivity index (χ2v) is 10.9. The van der Waals surface area contributed by atoms with Gasteiger partial charge in [-0.15, -0.1) is 0 Å². The number of fused-ring (bicyclic) bond motifs is 3. The molecule has 2 bridgehead atoms. The summed E-state index contributed by atoms with van der Waals surface area (Å²) < 4.78 is 67.4. The first-order chi connectivity index (χ1) is 19.3. The molecule has 6 rings (SSSR count). The third kappa shape index (κ3) is 4.81. The topological polar surface area (TPSA) is 75.6 Å². The van der Waals surface area contributed by atoms with E-state index in [0.29, 0.717) is 43.0 Å². The molecule has 0 spiro atoms. The number of nitrogens with zero attached hydrogens (tertiary/aromatic N) is 5. The van der Waals surface area contributed by atoms with E-state index >= 15 is 4.39 Å². The Morgan fingerprint density at radius 3 is 2.60 bits per heavy atom. The number of para-hydroxylation sites is 1. The van der Waals surface area contributed by atoms with Gasteiger partial charge in [0.25, 0.3) is 0 Å². The van der Waals surface area contributed by atoms with Gasteiger partial charge in [0.2, 0.25) is 0 Å². The zero-order chi connectivity index (χ0) is 28.0. The maximum absolute atomic E-state index is 16.2. The molecule has 3 atom stereocenters. The van der Waals surface area contributed by atoms with Crippen molar-refractivity contribution < 1.29 is 27.0 Å². The molecule has 3 unspecified atom stereocenters. The van der Waals surface area contributed by atoms with Crippen molar-refractivity contribution in [2.75, 3.05) is 38.2 Å². The average molecular weight is 561 g/mol. The molecule has 3 fully saturated rings. The van der Waals surface area contributed by atoms with Crippen molar-refractivity contribution in [1.82, 2.24) is 25.2 Å². The molecule has 3 aliphatic heterocycles. The van der Waals surface area contributed by atoms with Gasteiger partial charge < -0.3 is 19.7 Å². The summed E-state index contributed by atoms with van der Waals surface area (Å²) in [5.41, 5.74) is -0.829. The Balaban J connectivity index is 1.45. The van der Waals surface area contributed by atoms with Crippen LogP contribution in [0.1, 0.15) is 39.0 Å². The fourth-order valence-electron chi connectivity index (χ4n) is 6.39. The number of alkyl halides is 2. The van der Waals surface area contributed by atoms with Crippen molar-refractivity contribution in [3.05, 3.63) is 36.0 Å². The summed E-state index contributed by atoms with van der Waals surface area (Å²) in [6.07, 6.45) is 6.40. The molecule has 214 valence electrons. The second kappa shape index (κ2) is 10.6. The van der Waals surface area contributed by atoms with Crippen molar-refractivity contribution in [3.8, 4) is 23.0 Å². The Labute approximate surface area is 229 Å². The Kier molecular flexibility index (Phi) is 7.16. The minimum absolute atomic E-state index is 0.0286. The number of aromatic nitrogens is 3. The average Bonchev–Trinajstić information content (AvgIpc) is 3.48. The summed E-state index contributed by atoms with van der Waals surface area (Å²) in [6.45, 7) is 1.49. The first kappa shape index (κ1) is 26.9. The fraction of sp³-hybridized carbons (Fsp3) is 0.536. The van der Waals surface area contributed by atoms with Gasteiger partial charge in [-0.25, -0.2) is 8.78 Å². The number of halogens is 4. The molecule has 0 saturated carbocycles. The zero-order valence-electron chi connectivity index (χ0n) is 22.5. The van der Waals surface area contributed by atoms with Gasteiger partial charge >= 0.3 is 12.6 Å². The lowest BCUT2D eigenvalue weighted by molar-refractivity contribution is -0.0518. The summed E-state index contributed by atoms with van der Waals surface area (Å²) in [6, 6.07) is 4.15. The Morgan fingerprint density at radius 1 is 1.15 bits per heavy atom. The van der Waals surface area contributed by atoms with Gasteiger partial charge in [-0.3, -0.25) is 9.88 Å². The maximum Gasteiger partial charge on any atom is 0.387 e. The van der Waals surface area contributed by atoms with Crippen LogP contribution in [-0.4, -0.2) is 77.4 Å². The molecule has 0 radical (unpaired) electrons. The molecule has 0 amide bonds. The number of likely N-dealkylation sites (N-methyl/N-ethyl adjacent to an activating group) is 1. The van der Waals surface area contributed by atoms with E-state index in [1.54, 1.807) is 0 Å². The van der Waals surface area contributed by atoms with Crippen LogP contribution in [0.3, 0.4) is 0 Å². The highest BCUT2D eigenvalue weighted by Gasteiger charge is 2.39. The molecule has 2 aromatic heterocycles. The van der Waals surface area contributed by atoms with E-state index in [4.69, 9.17) is 9.72 Å². The molecule has 3 aromatic rings. The minimum atomic E-state index is -3.30. The van der Waals surface area contributed by atoms with Crippen LogP contribution < -0.4 is 19.7 Å². The number of nitrogens with one attached hydrogen (secondary N) is 1. The predicted octanol–water partition coefficient (Wildman–Crippen LogP) is 4.77. The molecule has 3 saturated heterocycles. The number of benzene rings is 1. The van der Waals surface area contributed by atoms with Crippen LogP contribution in [0.25, 0.3) is 22.2 Å². The van der Waals surface area contributed by atoms with Gasteiger partial charge in [0.05, 0.1) is 10.9 Å². The molecule has 8 nitrogen and oxygen atoms in total. The molecule has 1 aromatic carbocycles. The number of hydrogen-bond donors (Lipinski definition) is 1. The van der Waals surface area contributed by atoms with Crippen molar-refractivity contribution in [2.24, 2.45) is 0 Å². The van der Waals surface area contributed by atoms with Crippen LogP contribution in [0, 0.1) is 11.6 Å². The van der Waals surface area contributed by atoms with Crippen molar-refractivity contribution in [2.45, 2.75) is 63.3 Å². The quantitative estimate of drug-likeness (QED) is 0.395. The number of anilines is 1. The maximum atomic E-state index is 16.2. The lowest BCUT2D eigenvalue weighted by Crippen LogP contribution is -2.51. The first-order valence-corrected chi connectivity index (χ1v) is 13.7. The standard InChI is InChI=1S/C28H32F4N6O2/c1-3-28(10-5-11-37(28)2)15-39-27-35-23-19(25(36-27)38-13-16-8-9-17(14-38)34-16)12-33-22(21(23)30)18-6-4-7-20(29)24(18)40-26(31)32/h4,6-7,12,16-17,26,34H,3,5,8-11,13-15H2,1-2H3. The molecule has 0 aliphatic carbocycles. The molecular formula is C28H32F4N6O2. The summed E-state index contributed by atoms with van der Waals surface area (Å²) in [4.78, 5) is 17.8. The summed E-state index contributed by atoms with van der Waals surface area (Å²) in [7, 11) is 2.07. The lowest BCUT2D eigenvalue weighted by atomic mass is 9.94. The van der Waals surface area contributed by atoms with Crippen molar-refractivity contribution in [3.63, 3.8) is 0 Å². The van der Waals surface area contributed by atoms with Gasteiger partial charge in [-0.2, -0.15) is 18.7 Å². The van der Waals surface area contributed by atoms with Gasteiger partial charge in [0, 0.05) is 36.9 Å². The highest BCUT2D eigenvalue weighted by molar-refractivity contribution is 5.92. The lowest BCUT2D eigenvalue weighted by Gasteiger charge is -2.35. The van der Waals surface area contributed by atoms with Gasteiger partial charge in [-0.1, -0.05) is 13.0 Å². The number of pyridine rings is 1. The van der Waals surface area contributed by atoms with Crippen molar-refractivity contribution in [1.29, 1.82) is 0 Å². The molecule has 3 aliphatic rings. The highest BCUT2D eigenvalue weighted by atomic mass is 19.3. The monoisotopic (exact) mass is 560 g/mol. The van der Waals surface area contributed by atoms with Crippen LogP contribution >= 0.6 is 0 Å². The third-order valence-electron chi connectivity index (χ3n) is 8.66. The molecule has 5 heterocycles. The number of likely N-dealkylation sites (tertiary alicyclic amines) is 1. The van der Waals surface area contributed by atoms with E-state index in [9.17, 15) is 13.2 Å². The van der Waals surface area contributed by atoms with E-state index in [-0.39, 0.29) is 28.3 Å². The third-order valence-corrected chi connectivity index (χ3v) is 8.66. The number of piperazine rings is 1. The van der Waals surface area contributed by atoms with Gasteiger partial charge in [-0.05, 0) is 57.8 Å². The Morgan fingerprint density at radius 2 is 1.93 bits per heavy atom. The molecule has 12 heteroatoms. The first-order valence-electron chi connectivity index (χ1n) is 13.7. The molecular weight excluding hydrogens is 528 g/mol. The molecule has 1 N–H and O–H groups in total. The highest BCUT2D eigenvalue weighted by Crippen LogP contribution is 2.39. The van der Waals surface area contributed by atoms with Crippen LogP contribution in [0.15, 0.2) is 24.4 Å². The summed E-state index contributed by atoms with van der Waals surface area (Å²) in [5.74, 6) is -2.21. The summed E-state index contributed by atoms with van der Waals surface area (Å²) in [5, 5.41) is 3.95. The SMILES string of the molecule is CCC1(COc2nc(N3CC4CCC(C3)N4)c3cnc(-c4cccc(F)c4OC(F)F)c(F)c3n2)CCCN1C. The largest absolute Gasteiger partial charge is 0.461 e.